The van der Waals surface area contributed by atoms with Crippen LogP contribution >= 0.6 is 0 Å². The molecule has 0 aromatic heterocycles. The number of hydrogen-bond acceptors (Lipinski definition) is 5. The molecular formula is C15H18N2O4. The lowest BCUT2D eigenvalue weighted by Gasteiger charge is -2.29. The minimum absolute atomic E-state index is 0.00256. The van der Waals surface area contributed by atoms with Gasteiger partial charge in [0.2, 0.25) is 12.7 Å². The number of benzene rings is 1. The topological polar surface area (TPSA) is 60.0 Å². The molecule has 4 rings (SSSR count). The Balaban J connectivity index is 1.46. The third kappa shape index (κ3) is 2.34. The van der Waals surface area contributed by atoms with Crippen LogP contribution in [0.5, 0.6) is 11.5 Å². The third-order valence-corrected chi connectivity index (χ3v) is 4.32. The molecule has 112 valence electrons. The normalized spacial score (nSPS) is 30.4. The van der Waals surface area contributed by atoms with Crippen LogP contribution in [0.4, 0.5) is 5.69 Å². The number of fused-ring (bicyclic) bond motifs is 3. The highest BCUT2D eigenvalue weighted by Crippen LogP contribution is 2.36. The van der Waals surface area contributed by atoms with Gasteiger partial charge in [0.05, 0.1) is 18.1 Å². The summed E-state index contributed by atoms with van der Waals surface area (Å²) in [6.45, 7) is 1.96. The Morgan fingerprint density at radius 3 is 3.05 bits per heavy atom. The number of hydrogen-bond donors (Lipinski definition) is 1. The number of nitrogens with one attached hydrogen (secondary N) is 1. The predicted molar refractivity (Wildman–Crippen MR) is 75.5 cm³/mol. The van der Waals surface area contributed by atoms with E-state index in [0.29, 0.717) is 5.75 Å². The maximum absolute atomic E-state index is 12.5. The lowest BCUT2D eigenvalue weighted by molar-refractivity contribution is -0.122. The van der Waals surface area contributed by atoms with E-state index in [-0.39, 0.29) is 30.8 Å². The van der Waals surface area contributed by atoms with Crippen molar-refractivity contribution in [3.05, 3.63) is 18.2 Å². The van der Waals surface area contributed by atoms with Crippen LogP contribution in [0.2, 0.25) is 0 Å². The zero-order valence-corrected chi connectivity index (χ0v) is 11.9. The largest absolute Gasteiger partial charge is 0.454 e. The van der Waals surface area contributed by atoms with E-state index in [2.05, 4.69) is 17.3 Å². The van der Waals surface area contributed by atoms with Gasteiger partial charge >= 0.3 is 0 Å². The predicted octanol–water partition coefficient (Wildman–Crippen LogP) is 1.07. The van der Waals surface area contributed by atoms with Crippen LogP contribution in [0.15, 0.2) is 18.2 Å². The summed E-state index contributed by atoms with van der Waals surface area (Å²) in [5.74, 6) is 1.34. The molecule has 21 heavy (non-hydrogen) atoms. The number of nitrogens with zero attached hydrogens (tertiary/aromatic N) is 1. The Labute approximate surface area is 123 Å². The summed E-state index contributed by atoms with van der Waals surface area (Å²) in [7, 11) is 2.07. The first kappa shape index (κ1) is 12.9. The molecule has 1 aromatic carbocycles. The van der Waals surface area contributed by atoms with Crippen molar-refractivity contribution in [1.29, 1.82) is 0 Å². The number of carbonyl (C=O) groups is 1. The number of rotatable bonds is 2. The summed E-state index contributed by atoms with van der Waals surface area (Å²) in [4.78, 5) is 14.7. The summed E-state index contributed by atoms with van der Waals surface area (Å²) in [5, 5.41) is 2.97. The van der Waals surface area contributed by atoms with Crippen molar-refractivity contribution in [2.45, 2.75) is 18.6 Å². The monoisotopic (exact) mass is 290 g/mol. The van der Waals surface area contributed by atoms with E-state index in [1.54, 1.807) is 6.07 Å². The van der Waals surface area contributed by atoms with Gasteiger partial charge in [-0.3, -0.25) is 4.79 Å². The minimum atomic E-state index is -0.0784. The average molecular weight is 290 g/mol. The van der Waals surface area contributed by atoms with Crippen molar-refractivity contribution in [2.75, 3.05) is 32.2 Å². The summed E-state index contributed by atoms with van der Waals surface area (Å²) in [5.41, 5.74) is 0.735. The Bertz CT molecular complexity index is 577. The van der Waals surface area contributed by atoms with Gasteiger partial charge in [0.15, 0.2) is 11.5 Å². The molecule has 3 aliphatic rings. The lowest BCUT2D eigenvalue weighted by Crippen LogP contribution is -2.42. The lowest BCUT2D eigenvalue weighted by atomic mass is 9.99. The smallest absolute Gasteiger partial charge is 0.231 e. The van der Waals surface area contributed by atoms with E-state index in [1.807, 2.05) is 12.1 Å². The first-order valence-electron chi connectivity index (χ1n) is 7.23. The van der Waals surface area contributed by atoms with Gasteiger partial charge in [-0.1, -0.05) is 0 Å². The fourth-order valence-corrected chi connectivity index (χ4v) is 3.33. The van der Waals surface area contributed by atoms with E-state index in [1.165, 1.54) is 0 Å². The van der Waals surface area contributed by atoms with Crippen molar-refractivity contribution >= 4 is 11.6 Å². The molecule has 0 radical (unpaired) electrons. The number of amides is 1. The fraction of sp³-hybridized carbons (Fsp3) is 0.533. The van der Waals surface area contributed by atoms with Crippen molar-refractivity contribution in [1.82, 2.24) is 4.90 Å². The Morgan fingerprint density at radius 1 is 1.29 bits per heavy atom. The minimum Gasteiger partial charge on any atom is -0.454 e. The second kappa shape index (κ2) is 4.89. The van der Waals surface area contributed by atoms with Crippen LogP contribution in [-0.2, 0) is 9.53 Å². The number of ether oxygens (including phenoxy) is 3. The van der Waals surface area contributed by atoms with Crippen LogP contribution < -0.4 is 14.8 Å². The van der Waals surface area contributed by atoms with Crippen molar-refractivity contribution in [2.24, 2.45) is 5.92 Å². The Hall–Kier alpha value is -1.79. The molecule has 0 aliphatic carbocycles. The van der Waals surface area contributed by atoms with Gasteiger partial charge in [0, 0.05) is 24.8 Å². The molecule has 3 heterocycles. The highest BCUT2D eigenvalue weighted by Gasteiger charge is 2.43. The van der Waals surface area contributed by atoms with Crippen LogP contribution in [0.1, 0.15) is 6.42 Å². The van der Waals surface area contributed by atoms with Crippen molar-refractivity contribution in [3.63, 3.8) is 0 Å². The quantitative estimate of drug-likeness (QED) is 0.883. The van der Waals surface area contributed by atoms with Gasteiger partial charge in [-0.05, 0) is 25.6 Å². The van der Waals surface area contributed by atoms with Gasteiger partial charge in [0.1, 0.15) is 0 Å². The molecule has 1 aromatic rings. The summed E-state index contributed by atoms with van der Waals surface area (Å²) < 4.78 is 16.5. The van der Waals surface area contributed by atoms with Gasteiger partial charge < -0.3 is 24.4 Å². The second-order valence-corrected chi connectivity index (χ2v) is 5.92. The number of likely N-dealkylation sites (N-methyl/N-ethyl adjacent to an activating group) is 1. The van der Waals surface area contributed by atoms with Crippen molar-refractivity contribution < 1.29 is 19.0 Å². The standard InChI is InChI=1S/C15H18N2O4/c1-17-6-10-5-11(14(7-17)21-10)15(18)16-9-2-3-12-13(4-9)20-8-19-12/h2-4,10-11,14H,5-8H2,1H3,(H,16,18)/t10-,11+,14-/m0/s1. The molecule has 2 saturated heterocycles. The average Bonchev–Trinajstić information content (AvgIpc) is 3.02. The van der Waals surface area contributed by atoms with Crippen LogP contribution in [0.3, 0.4) is 0 Å². The number of likely N-dealkylation sites (tertiary alicyclic amines) is 1. The molecule has 3 atom stereocenters. The first-order chi connectivity index (χ1) is 10.2. The van der Waals surface area contributed by atoms with Gasteiger partial charge in [0.25, 0.3) is 0 Å². The number of anilines is 1. The zero-order chi connectivity index (χ0) is 14.4. The Kier molecular flexibility index (Phi) is 3.01. The highest BCUT2D eigenvalue weighted by molar-refractivity contribution is 5.93. The summed E-state index contributed by atoms with van der Waals surface area (Å²) in [6, 6.07) is 5.45. The molecule has 0 saturated carbocycles. The third-order valence-electron chi connectivity index (χ3n) is 4.32. The molecule has 1 N–H and O–H groups in total. The molecule has 6 heteroatoms. The van der Waals surface area contributed by atoms with E-state index in [0.717, 1.165) is 30.9 Å². The SMILES string of the molecule is CN1C[C@@H]2C[C@@H](C(=O)Nc3ccc4c(c3)OCO4)[C@H](C1)O2. The molecular weight excluding hydrogens is 272 g/mol. The molecule has 2 bridgehead atoms. The molecule has 0 spiro atoms. The summed E-state index contributed by atoms with van der Waals surface area (Å²) >= 11 is 0. The van der Waals surface area contributed by atoms with Crippen LogP contribution in [-0.4, -0.2) is 49.9 Å². The second-order valence-electron chi connectivity index (χ2n) is 5.92. The molecule has 2 fully saturated rings. The molecule has 0 unspecified atom stereocenters. The fourth-order valence-electron chi connectivity index (χ4n) is 3.33. The molecule has 1 amide bonds. The van der Waals surface area contributed by atoms with Gasteiger partial charge in [-0.2, -0.15) is 0 Å². The van der Waals surface area contributed by atoms with Crippen LogP contribution in [0.25, 0.3) is 0 Å². The summed E-state index contributed by atoms with van der Waals surface area (Å²) in [6.07, 6.45) is 0.981. The molecule has 6 nitrogen and oxygen atoms in total. The first-order valence-corrected chi connectivity index (χ1v) is 7.23. The number of carbonyl (C=O) groups excluding carboxylic acids is 1. The van der Waals surface area contributed by atoms with E-state index < -0.39 is 0 Å². The van der Waals surface area contributed by atoms with Crippen molar-refractivity contribution in [3.8, 4) is 11.5 Å². The maximum atomic E-state index is 12.5. The number of morpholine rings is 1. The van der Waals surface area contributed by atoms with Crippen LogP contribution in [0, 0.1) is 5.92 Å². The Morgan fingerprint density at radius 2 is 2.14 bits per heavy atom. The van der Waals surface area contributed by atoms with E-state index in [4.69, 9.17) is 14.2 Å². The maximum Gasteiger partial charge on any atom is 0.231 e. The van der Waals surface area contributed by atoms with Gasteiger partial charge in [-0.25, -0.2) is 0 Å². The highest BCUT2D eigenvalue weighted by atomic mass is 16.7. The van der Waals surface area contributed by atoms with E-state index in [9.17, 15) is 4.79 Å². The van der Waals surface area contributed by atoms with E-state index >= 15 is 0 Å². The van der Waals surface area contributed by atoms with Gasteiger partial charge in [-0.15, -0.1) is 0 Å². The molecule has 3 aliphatic heterocycles. The zero-order valence-electron chi connectivity index (χ0n) is 11.9.